The summed E-state index contributed by atoms with van der Waals surface area (Å²) in [7, 11) is 3.74. The van der Waals surface area contributed by atoms with Crippen molar-refractivity contribution in [1.82, 2.24) is 15.5 Å². The molecule has 1 aromatic rings. The Bertz CT molecular complexity index is 752. The number of hydrogen-bond acceptors (Lipinski definition) is 7. The molecule has 0 saturated carbocycles. The number of hydrogen-bond donors (Lipinski definition) is 2. The predicted molar refractivity (Wildman–Crippen MR) is 134 cm³/mol. The quantitative estimate of drug-likeness (QED) is 0.224. The second-order valence-corrected chi connectivity index (χ2v) is 8.77. The third-order valence-corrected chi connectivity index (χ3v) is 6.08. The number of carbonyl (C=O) groups excluding carboxylic acids is 1. The Labute approximate surface area is 209 Å². The molecule has 1 aliphatic rings. The maximum absolute atomic E-state index is 14.3. The predicted octanol–water partition coefficient (Wildman–Crippen LogP) is 1.89. The molecule has 1 aliphatic heterocycles. The zero-order valence-electron chi connectivity index (χ0n) is 21.2. The molecule has 2 N–H and O–H groups in total. The number of rotatable bonds is 19. The van der Waals surface area contributed by atoms with Gasteiger partial charge in [-0.2, -0.15) is 0 Å². The van der Waals surface area contributed by atoms with Gasteiger partial charge >= 0.3 is 0 Å². The van der Waals surface area contributed by atoms with Crippen molar-refractivity contribution in [3.8, 4) is 5.75 Å². The standard InChI is InChI=1S/C26H42FN3O5/c1-4-26(31)29-10-12-34-14-16-35-15-13-33-11-9-28-8-7-21-19-30(2)20-23(21)17-22-18-24(32-3)5-6-25(22)27/h4-6,18,21,23,28H,1,7-17,19-20H2,2-3H3,(H,29,31)/t21-,23+/m0/s1. The zero-order valence-corrected chi connectivity index (χ0v) is 21.2. The zero-order chi connectivity index (χ0) is 25.3. The van der Waals surface area contributed by atoms with Crippen LogP contribution in [-0.2, 0) is 25.4 Å². The summed E-state index contributed by atoms with van der Waals surface area (Å²) in [4.78, 5) is 13.3. The molecule has 0 unspecified atom stereocenters. The number of carbonyl (C=O) groups is 1. The number of benzene rings is 1. The highest BCUT2D eigenvalue weighted by Crippen LogP contribution is 2.30. The van der Waals surface area contributed by atoms with Crippen LogP contribution in [0.25, 0.3) is 0 Å². The summed E-state index contributed by atoms with van der Waals surface area (Å²) >= 11 is 0. The molecule has 0 bridgehead atoms. The molecule has 8 nitrogen and oxygen atoms in total. The Morgan fingerprint density at radius 3 is 2.40 bits per heavy atom. The molecule has 1 fully saturated rings. The van der Waals surface area contributed by atoms with Gasteiger partial charge in [-0.05, 0) is 68.1 Å². The molecule has 1 amide bonds. The number of halogens is 1. The number of likely N-dealkylation sites (tertiary alicyclic amines) is 1. The van der Waals surface area contributed by atoms with Crippen molar-refractivity contribution in [2.45, 2.75) is 12.8 Å². The number of nitrogens with zero attached hydrogens (tertiary/aromatic N) is 1. The van der Waals surface area contributed by atoms with E-state index in [1.165, 1.54) is 12.1 Å². The molecule has 2 rings (SSSR count). The second kappa shape index (κ2) is 17.4. The summed E-state index contributed by atoms with van der Waals surface area (Å²) in [5.74, 6) is 1.32. The summed E-state index contributed by atoms with van der Waals surface area (Å²) in [6.07, 6.45) is 3.02. The van der Waals surface area contributed by atoms with Gasteiger partial charge in [-0.15, -0.1) is 0 Å². The maximum Gasteiger partial charge on any atom is 0.243 e. The van der Waals surface area contributed by atoms with Crippen LogP contribution in [0.4, 0.5) is 4.39 Å². The highest BCUT2D eigenvalue weighted by molar-refractivity contribution is 5.86. The van der Waals surface area contributed by atoms with Gasteiger partial charge in [0.15, 0.2) is 0 Å². The molecule has 9 heteroatoms. The molecule has 0 radical (unpaired) electrons. The molecule has 1 heterocycles. The van der Waals surface area contributed by atoms with Gasteiger partial charge in [0.1, 0.15) is 11.6 Å². The molecule has 198 valence electrons. The Balaban J connectivity index is 1.47. The highest BCUT2D eigenvalue weighted by atomic mass is 19.1. The summed E-state index contributed by atoms with van der Waals surface area (Å²) in [6, 6.07) is 4.99. The van der Waals surface area contributed by atoms with E-state index in [-0.39, 0.29) is 11.7 Å². The first-order valence-corrected chi connectivity index (χ1v) is 12.4. The summed E-state index contributed by atoms with van der Waals surface area (Å²) < 4.78 is 35.9. The van der Waals surface area contributed by atoms with Gasteiger partial charge in [0.25, 0.3) is 0 Å². The maximum atomic E-state index is 14.3. The van der Waals surface area contributed by atoms with Gasteiger partial charge in [-0.1, -0.05) is 6.58 Å². The lowest BCUT2D eigenvalue weighted by Gasteiger charge is -2.19. The van der Waals surface area contributed by atoms with Crippen LogP contribution in [0.5, 0.6) is 5.75 Å². The molecule has 1 aromatic carbocycles. The fourth-order valence-corrected chi connectivity index (χ4v) is 4.27. The van der Waals surface area contributed by atoms with Crippen LogP contribution in [0, 0.1) is 17.7 Å². The minimum atomic E-state index is -0.201. The van der Waals surface area contributed by atoms with Crippen LogP contribution >= 0.6 is 0 Å². The summed E-state index contributed by atoms with van der Waals surface area (Å²) in [5.41, 5.74) is 0.738. The van der Waals surface area contributed by atoms with E-state index in [9.17, 15) is 9.18 Å². The lowest BCUT2D eigenvalue weighted by molar-refractivity contribution is -0.116. The van der Waals surface area contributed by atoms with Crippen LogP contribution in [0.2, 0.25) is 0 Å². The first kappa shape index (κ1) is 29.2. The molecule has 35 heavy (non-hydrogen) atoms. The second-order valence-electron chi connectivity index (χ2n) is 8.77. The van der Waals surface area contributed by atoms with E-state index in [0.717, 1.165) is 44.6 Å². The monoisotopic (exact) mass is 495 g/mol. The van der Waals surface area contributed by atoms with E-state index in [1.54, 1.807) is 13.2 Å². The van der Waals surface area contributed by atoms with Gasteiger partial charge in [0.2, 0.25) is 5.91 Å². The van der Waals surface area contributed by atoms with E-state index in [4.69, 9.17) is 18.9 Å². The Morgan fingerprint density at radius 2 is 1.71 bits per heavy atom. The van der Waals surface area contributed by atoms with Gasteiger partial charge < -0.3 is 34.5 Å². The van der Waals surface area contributed by atoms with Gasteiger partial charge in [0, 0.05) is 26.2 Å². The van der Waals surface area contributed by atoms with Gasteiger partial charge in [0.05, 0.1) is 46.8 Å². The SMILES string of the molecule is C=CC(=O)NCCOCCOCCOCCNCC[C@H]1CN(C)C[C@H]1Cc1cc(OC)ccc1F. The third kappa shape index (κ3) is 12.0. The Morgan fingerprint density at radius 1 is 1.06 bits per heavy atom. The lowest BCUT2D eigenvalue weighted by atomic mass is 9.87. The van der Waals surface area contributed by atoms with E-state index in [0.29, 0.717) is 63.8 Å². The third-order valence-electron chi connectivity index (χ3n) is 6.08. The number of methoxy groups -OCH3 is 1. The van der Waals surface area contributed by atoms with Crippen molar-refractivity contribution >= 4 is 5.91 Å². The summed E-state index contributed by atoms with van der Waals surface area (Å²) in [5, 5.41) is 6.09. The topological polar surface area (TPSA) is 81.3 Å². The first-order valence-electron chi connectivity index (χ1n) is 12.4. The number of amides is 1. The summed E-state index contributed by atoms with van der Waals surface area (Å²) in [6.45, 7) is 10.7. The average Bonchev–Trinajstić information content (AvgIpc) is 3.21. The largest absolute Gasteiger partial charge is 0.497 e. The van der Waals surface area contributed by atoms with Crippen molar-refractivity contribution in [3.63, 3.8) is 0 Å². The van der Waals surface area contributed by atoms with Crippen LogP contribution in [-0.4, -0.2) is 97.3 Å². The minimum absolute atomic E-state index is 0.153. The molecule has 1 saturated heterocycles. The molecule has 2 atom stereocenters. The van der Waals surface area contributed by atoms with Crippen LogP contribution in [0.3, 0.4) is 0 Å². The van der Waals surface area contributed by atoms with E-state index in [1.807, 2.05) is 6.07 Å². The Hall–Kier alpha value is -2.04. The first-order chi connectivity index (χ1) is 17.0. The van der Waals surface area contributed by atoms with E-state index < -0.39 is 0 Å². The molecular weight excluding hydrogens is 453 g/mol. The van der Waals surface area contributed by atoms with Gasteiger partial charge in [-0.3, -0.25) is 4.79 Å². The van der Waals surface area contributed by atoms with Crippen LogP contribution in [0.1, 0.15) is 12.0 Å². The van der Waals surface area contributed by atoms with Crippen LogP contribution < -0.4 is 15.4 Å². The van der Waals surface area contributed by atoms with E-state index in [2.05, 4.69) is 29.2 Å². The number of ether oxygens (including phenoxy) is 4. The van der Waals surface area contributed by atoms with Crippen molar-refractivity contribution in [2.75, 3.05) is 86.5 Å². The minimum Gasteiger partial charge on any atom is -0.497 e. The fraction of sp³-hybridized carbons (Fsp3) is 0.654. The smallest absolute Gasteiger partial charge is 0.243 e. The fourth-order valence-electron chi connectivity index (χ4n) is 4.27. The number of nitrogens with one attached hydrogen (secondary N) is 2. The average molecular weight is 496 g/mol. The van der Waals surface area contributed by atoms with Crippen LogP contribution in [0.15, 0.2) is 30.9 Å². The van der Waals surface area contributed by atoms with Crippen molar-refractivity contribution in [2.24, 2.45) is 11.8 Å². The normalized spacial score (nSPS) is 18.0. The van der Waals surface area contributed by atoms with Crippen molar-refractivity contribution in [3.05, 3.63) is 42.2 Å². The Kier molecular flexibility index (Phi) is 14.5. The highest BCUT2D eigenvalue weighted by Gasteiger charge is 2.31. The van der Waals surface area contributed by atoms with E-state index >= 15 is 0 Å². The van der Waals surface area contributed by atoms with Crippen molar-refractivity contribution < 1.29 is 28.1 Å². The van der Waals surface area contributed by atoms with Gasteiger partial charge in [-0.25, -0.2) is 4.39 Å². The molecular formula is C26H42FN3O5. The van der Waals surface area contributed by atoms with Crippen molar-refractivity contribution in [1.29, 1.82) is 0 Å². The lowest BCUT2D eigenvalue weighted by Crippen LogP contribution is -2.26. The molecule has 0 aliphatic carbocycles. The molecule has 0 aromatic heterocycles. The molecule has 0 spiro atoms.